The zero-order valence-electron chi connectivity index (χ0n) is 11.8. The van der Waals surface area contributed by atoms with E-state index in [0.29, 0.717) is 26.6 Å². The monoisotopic (exact) mass is 278 g/mol. The van der Waals surface area contributed by atoms with Gasteiger partial charge >= 0.3 is 15.0 Å². The van der Waals surface area contributed by atoms with Gasteiger partial charge in [-0.1, -0.05) is 0 Å². The van der Waals surface area contributed by atoms with Crippen LogP contribution in [0.1, 0.15) is 17.1 Å². The Morgan fingerprint density at radius 3 is 2.76 bits per heavy atom. The number of aromatic nitrogens is 3. The molecule has 0 spiro atoms. The van der Waals surface area contributed by atoms with Gasteiger partial charge in [0, 0.05) is 23.7 Å². The molecule has 6 nitrogen and oxygen atoms in total. The summed E-state index contributed by atoms with van der Waals surface area (Å²) in [5, 5.41) is 0. The van der Waals surface area contributed by atoms with Crippen molar-refractivity contribution in [2.45, 2.75) is 19.5 Å². The van der Waals surface area contributed by atoms with E-state index < -0.39 is 5.62 Å². The maximum atomic E-state index is 5.50. The second-order valence-electron chi connectivity index (χ2n) is 5.28. The minimum Gasteiger partial charge on any atom is -0.549 e. The molecule has 0 aliphatic carbocycles. The van der Waals surface area contributed by atoms with E-state index in [4.69, 9.17) is 9.31 Å². The van der Waals surface area contributed by atoms with Gasteiger partial charge in [-0.05, 0) is 31.5 Å². The number of hydrogen-bond acceptors (Lipinski definition) is 6. The fraction of sp³-hybridized carbons (Fsp3) is 0.231. The summed E-state index contributed by atoms with van der Waals surface area (Å²) in [6, 6.07) is 3.92. The van der Waals surface area contributed by atoms with Gasteiger partial charge in [0.25, 0.3) is 0 Å². The highest BCUT2D eigenvalue weighted by Gasteiger charge is 2.53. The van der Waals surface area contributed by atoms with Crippen molar-refractivity contribution in [1.29, 1.82) is 0 Å². The molecule has 0 saturated carbocycles. The van der Waals surface area contributed by atoms with E-state index >= 15 is 0 Å². The van der Waals surface area contributed by atoms with Crippen LogP contribution in [0.3, 0.4) is 0 Å². The Kier molecular flexibility index (Phi) is 2.62. The zero-order valence-corrected chi connectivity index (χ0v) is 11.8. The van der Waals surface area contributed by atoms with Gasteiger partial charge in [-0.15, -0.1) is 0 Å². The highest BCUT2D eigenvalue weighted by molar-refractivity contribution is 6.83. The first kappa shape index (κ1) is 12.5. The summed E-state index contributed by atoms with van der Waals surface area (Å²) in [5.41, 5.74) is 3.13. The number of aryl methyl sites for hydroxylation is 2. The lowest BCUT2D eigenvalue weighted by Gasteiger charge is -2.11. The molecule has 0 aromatic carbocycles. The molecule has 8 heteroatoms. The van der Waals surface area contributed by atoms with Crippen molar-refractivity contribution in [1.82, 2.24) is 15.0 Å². The van der Waals surface area contributed by atoms with Crippen molar-refractivity contribution in [3.05, 3.63) is 41.6 Å². The molecule has 2 aliphatic rings. The maximum absolute atomic E-state index is 5.50. The molecule has 102 valence electrons. The molecular formula is C13H12B2N4O2. The smallest absolute Gasteiger partial charge is 0.434 e. The standard InChI is InChI=1S/C13H12B2N4O2/c1-7-6-16-4-3-9(7)10-5-8(2)17-11(18-10)13(15-21-13)19-12-14-20-12/h3-6,14-15H,1-2H3/b19-12+. The van der Waals surface area contributed by atoms with Crippen LogP contribution in [0, 0.1) is 13.8 Å². The first-order chi connectivity index (χ1) is 10.2. The average Bonchev–Trinajstić information content (AvgIpc) is 3.37. The van der Waals surface area contributed by atoms with Gasteiger partial charge in [0.15, 0.2) is 11.6 Å². The molecule has 21 heavy (non-hydrogen) atoms. The quantitative estimate of drug-likeness (QED) is 0.599. The van der Waals surface area contributed by atoms with Crippen LogP contribution in [-0.2, 0) is 14.9 Å². The van der Waals surface area contributed by atoms with Crippen molar-refractivity contribution < 1.29 is 9.31 Å². The molecular weight excluding hydrogens is 266 g/mol. The third kappa shape index (κ3) is 2.31. The van der Waals surface area contributed by atoms with Gasteiger partial charge in [0.2, 0.25) is 5.62 Å². The van der Waals surface area contributed by atoms with Crippen LogP contribution in [0.4, 0.5) is 0 Å². The summed E-state index contributed by atoms with van der Waals surface area (Å²) in [6.45, 7) is 3.96. The number of hydrogen-bond donors (Lipinski definition) is 0. The van der Waals surface area contributed by atoms with Gasteiger partial charge in [0.1, 0.15) is 0 Å². The van der Waals surface area contributed by atoms with Crippen molar-refractivity contribution in [2.24, 2.45) is 4.99 Å². The number of rotatable bonds is 3. The van der Waals surface area contributed by atoms with Crippen molar-refractivity contribution in [3.63, 3.8) is 0 Å². The Balaban J connectivity index is 1.81. The third-order valence-electron chi connectivity index (χ3n) is 3.50. The molecule has 2 fully saturated rings. The van der Waals surface area contributed by atoms with Gasteiger partial charge < -0.3 is 9.31 Å². The average molecular weight is 278 g/mol. The molecule has 2 aromatic rings. The molecule has 0 amide bonds. The molecule has 0 radical (unpaired) electrons. The predicted octanol–water partition coefficient (Wildman–Crippen LogP) is 0.385. The number of nitrogens with zero attached hydrogens (tertiary/aromatic N) is 4. The number of aliphatic imine (C=N–C) groups is 1. The van der Waals surface area contributed by atoms with Crippen LogP contribution in [0.25, 0.3) is 11.3 Å². The Bertz CT molecular complexity index is 756. The summed E-state index contributed by atoms with van der Waals surface area (Å²) in [4.78, 5) is 17.7. The minimum absolute atomic E-state index is 0.498. The van der Waals surface area contributed by atoms with E-state index in [1.54, 1.807) is 6.20 Å². The van der Waals surface area contributed by atoms with E-state index in [-0.39, 0.29) is 0 Å². The highest BCUT2D eigenvalue weighted by atomic mass is 16.6. The van der Waals surface area contributed by atoms with Crippen LogP contribution < -0.4 is 0 Å². The van der Waals surface area contributed by atoms with Gasteiger partial charge in [-0.25, -0.2) is 15.0 Å². The largest absolute Gasteiger partial charge is 0.549 e. The third-order valence-corrected chi connectivity index (χ3v) is 3.50. The maximum Gasteiger partial charge on any atom is 0.434 e. The lowest BCUT2D eigenvalue weighted by Crippen LogP contribution is -2.14. The van der Waals surface area contributed by atoms with E-state index in [2.05, 4.69) is 19.9 Å². The molecule has 2 aromatic heterocycles. The molecule has 1 unspecified atom stereocenters. The first-order valence-electron chi connectivity index (χ1n) is 6.79. The normalized spacial score (nSPS) is 24.0. The minimum atomic E-state index is -0.743. The molecule has 1 atom stereocenters. The Labute approximate surface area is 123 Å². The predicted molar refractivity (Wildman–Crippen MR) is 80.3 cm³/mol. The topological polar surface area (TPSA) is 76.1 Å². The van der Waals surface area contributed by atoms with E-state index in [1.807, 2.05) is 32.2 Å². The summed E-state index contributed by atoms with van der Waals surface area (Å²) in [5.74, 6) is 1.30. The van der Waals surface area contributed by atoms with Crippen molar-refractivity contribution in [3.8, 4) is 11.3 Å². The molecule has 4 heterocycles. The van der Waals surface area contributed by atoms with Crippen LogP contribution in [0.5, 0.6) is 0 Å². The van der Waals surface area contributed by atoms with E-state index in [1.165, 1.54) is 0 Å². The lowest BCUT2D eigenvalue weighted by atomic mass is 9.95. The fourth-order valence-corrected chi connectivity index (χ4v) is 2.25. The fourth-order valence-electron chi connectivity index (χ4n) is 2.25. The number of pyridine rings is 1. The SMILES string of the molecule is Cc1cc(-c2ccncc2C)nc(C2(/N=C3\BO3)BO2)n1. The summed E-state index contributed by atoms with van der Waals surface area (Å²) in [7, 11) is 1.07. The van der Waals surface area contributed by atoms with E-state index in [0.717, 1.165) is 22.5 Å². The highest BCUT2D eigenvalue weighted by Crippen LogP contribution is 2.37. The van der Waals surface area contributed by atoms with Crippen LogP contribution in [-0.4, -0.2) is 35.7 Å². The summed E-state index contributed by atoms with van der Waals surface area (Å²) < 4.78 is 10.6. The van der Waals surface area contributed by atoms with Gasteiger partial charge in [-0.2, -0.15) is 0 Å². The molecule has 0 bridgehead atoms. The molecule has 2 saturated heterocycles. The summed E-state index contributed by atoms with van der Waals surface area (Å²) in [6.07, 6.45) is 3.59. The van der Waals surface area contributed by atoms with Gasteiger partial charge in [-0.3, -0.25) is 4.98 Å². The van der Waals surface area contributed by atoms with Crippen molar-refractivity contribution >= 4 is 20.8 Å². The first-order valence-corrected chi connectivity index (χ1v) is 6.79. The van der Waals surface area contributed by atoms with Crippen LogP contribution >= 0.6 is 0 Å². The Morgan fingerprint density at radius 1 is 1.29 bits per heavy atom. The van der Waals surface area contributed by atoms with Crippen LogP contribution in [0.15, 0.2) is 29.5 Å². The van der Waals surface area contributed by atoms with E-state index in [9.17, 15) is 0 Å². The second kappa shape index (κ2) is 4.39. The second-order valence-corrected chi connectivity index (χ2v) is 5.28. The zero-order chi connectivity index (χ0) is 14.4. The molecule has 2 aliphatic heterocycles. The van der Waals surface area contributed by atoms with Crippen LogP contribution in [0.2, 0.25) is 0 Å². The molecule has 4 rings (SSSR count). The van der Waals surface area contributed by atoms with Gasteiger partial charge in [0.05, 0.1) is 5.69 Å². The lowest BCUT2D eigenvalue weighted by molar-refractivity contribution is 0.319. The summed E-state index contributed by atoms with van der Waals surface area (Å²) >= 11 is 0. The Hall–Kier alpha value is -2.21. The van der Waals surface area contributed by atoms with Crippen molar-refractivity contribution in [2.75, 3.05) is 0 Å². The molecule has 0 N–H and O–H groups in total. The Morgan fingerprint density at radius 2 is 2.10 bits per heavy atom.